The first-order chi connectivity index (χ1) is 9.42. The van der Waals surface area contributed by atoms with Crippen molar-refractivity contribution in [1.82, 2.24) is 5.32 Å². The van der Waals surface area contributed by atoms with Gasteiger partial charge >= 0.3 is 6.18 Å². The Labute approximate surface area is 117 Å². The number of nitrogens with one attached hydrogen (secondary N) is 1. The van der Waals surface area contributed by atoms with Crippen LogP contribution in [0.4, 0.5) is 13.2 Å². The molecule has 0 aliphatic rings. The Morgan fingerprint density at radius 2 is 1.70 bits per heavy atom. The fourth-order valence-electron chi connectivity index (χ4n) is 2.16. The zero-order valence-electron chi connectivity index (χ0n) is 11.9. The molecule has 1 aromatic rings. The summed E-state index contributed by atoms with van der Waals surface area (Å²) in [5, 5.41) is 3.03. The summed E-state index contributed by atoms with van der Waals surface area (Å²) in [5.74, 6) is 1.21. The largest absolute Gasteiger partial charge is 0.496 e. The molecule has 20 heavy (non-hydrogen) atoms. The van der Waals surface area contributed by atoms with Gasteiger partial charge in [-0.25, -0.2) is 0 Å². The van der Waals surface area contributed by atoms with Gasteiger partial charge in [-0.1, -0.05) is 6.07 Å². The molecule has 0 amide bonds. The zero-order valence-corrected chi connectivity index (χ0v) is 11.9. The molecule has 0 bridgehead atoms. The van der Waals surface area contributed by atoms with Gasteiger partial charge in [-0.3, -0.25) is 0 Å². The van der Waals surface area contributed by atoms with Gasteiger partial charge in [0.2, 0.25) is 0 Å². The third-order valence-corrected chi connectivity index (χ3v) is 3.12. The van der Waals surface area contributed by atoms with E-state index in [9.17, 15) is 13.2 Å². The second kappa shape index (κ2) is 7.38. The maximum atomic E-state index is 12.2. The summed E-state index contributed by atoms with van der Waals surface area (Å²) in [5.41, 5.74) is 0.752. The first-order valence-corrected chi connectivity index (χ1v) is 6.37. The summed E-state index contributed by atoms with van der Waals surface area (Å²) in [7, 11) is 4.77. The van der Waals surface area contributed by atoms with Crippen LogP contribution in [0.2, 0.25) is 0 Å². The molecule has 0 aliphatic carbocycles. The van der Waals surface area contributed by atoms with Crippen molar-refractivity contribution in [2.24, 2.45) is 0 Å². The molecule has 1 rings (SSSR count). The maximum Gasteiger partial charge on any atom is 0.389 e. The van der Waals surface area contributed by atoms with Crippen LogP contribution in [0, 0.1) is 0 Å². The Balaban J connectivity index is 2.88. The molecule has 0 radical (unpaired) electrons. The van der Waals surface area contributed by atoms with E-state index in [0.29, 0.717) is 17.9 Å². The molecular weight excluding hydrogens is 271 g/mol. The minimum atomic E-state index is -4.12. The highest BCUT2D eigenvalue weighted by atomic mass is 19.4. The smallest absolute Gasteiger partial charge is 0.389 e. The van der Waals surface area contributed by atoms with Crippen molar-refractivity contribution in [2.75, 3.05) is 21.3 Å². The van der Waals surface area contributed by atoms with E-state index in [0.717, 1.165) is 5.56 Å². The average Bonchev–Trinajstić information content (AvgIpc) is 2.41. The van der Waals surface area contributed by atoms with Gasteiger partial charge in [0, 0.05) is 12.5 Å². The Kier molecular flexibility index (Phi) is 6.13. The van der Waals surface area contributed by atoms with Gasteiger partial charge in [0.25, 0.3) is 0 Å². The van der Waals surface area contributed by atoms with Gasteiger partial charge in [-0.15, -0.1) is 0 Å². The molecule has 1 unspecified atom stereocenters. The molecule has 0 saturated carbocycles. The van der Waals surface area contributed by atoms with Crippen LogP contribution in [0.5, 0.6) is 11.5 Å². The Hall–Kier alpha value is -1.43. The van der Waals surface area contributed by atoms with Crippen molar-refractivity contribution in [3.8, 4) is 11.5 Å². The highest BCUT2D eigenvalue weighted by Gasteiger charge is 2.27. The SMILES string of the molecule is CNC(CCCC(F)(F)F)c1c(OC)cccc1OC. The fraction of sp³-hybridized carbons (Fsp3) is 0.571. The normalized spacial score (nSPS) is 13.1. The lowest BCUT2D eigenvalue weighted by molar-refractivity contribution is -0.135. The Bertz CT molecular complexity index is 399. The molecule has 1 aromatic carbocycles. The van der Waals surface area contributed by atoms with E-state index < -0.39 is 12.6 Å². The summed E-state index contributed by atoms with van der Waals surface area (Å²) in [6, 6.07) is 5.07. The average molecular weight is 291 g/mol. The number of ether oxygens (including phenoxy) is 2. The lowest BCUT2D eigenvalue weighted by atomic mass is 9.99. The number of benzene rings is 1. The van der Waals surface area contributed by atoms with Crippen LogP contribution in [0.1, 0.15) is 30.9 Å². The predicted octanol–water partition coefficient (Wildman–Crippen LogP) is 3.70. The lowest BCUT2D eigenvalue weighted by Gasteiger charge is -2.22. The minimum Gasteiger partial charge on any atom is -0.496 e. The molecule has 114 valence electrons. The van der Waals surface area contributed by atoms with Crippen LogP contribution in [-0.4, -0.2) is 27.4 Å². The lowest BCUT2D eigenvalue weighted by Crippen LogP contribution is -2.19. The third-order valence-electron chi connectivity index (χ3n) is 3.12. The van der Waals surface area contributed by atoms with Gasteiger partial charge in [0.05, 0.1) is 19.8 Å². The van der Waals surface area contributed by atoms with Crippen molar-refractivity contribution in [3.05, 3.63) is 23.8 Å². The van der Waals surface area contributed by atoms with Crippen LogP contribution in [0.25, 0.3) is 0 Å². The third kappa shape index (κ3) is 4.59. The summed E-state index contributed by atoms with van der Waals surface area (Å²) in [4.78, 5) is 0. The van der Waals surface area contributed by atoms with E-state index in [1.54, 1.807) is 25.2 Å². The van der Waals surface area contributed by atoms with Crippen molar-refractivity contribution in [2.45, 2.75) is 31.5 Å². The van der Waals surface area contributed by atoms with E-state index >= 15 is 0 Å². The number of methoxy groups -OCH3 is 2. The van der Waals surface area contributed by atoms with Gasteiger partial charge < -0.3 is 14.8 Å². The second-order valence-electron chi connectivity index (χ2n) is 4.42. The van der Waals surface area contributed by atoms with Crippen LogP contribution >= 0.6 is 0 Å². The van der Waals surface area contributed by atoms with Gasteiger partial charge in [0.1, 0.15) is 11.5 Å². The Morgan fingerprint density at radius 3 is 2.10 bits per heavy atom. The molecule has 1 N–H and O–H groups in total. The summed E-state index contributed by atoms with van der Waals surface area (Å²) in [6.45, 7) is 0. The number of rotatable bonds is 7. The molecule has 0 saturated heterocycles. The standard InChI is InChI=1S/C14H20F3NO2/c1-18-10(6-5-9-14(15,16)17)13-11(19-2)7-4-8-12(13)20-3/h4,7-8,10,18H,5-6,9H2,1-3H3. The molecule has 0 spiro atoms. The van der Waals surface area contributed by atoms with E-state index in [2.05, 4.69) is 5.32 Å². The summed E-state index contributed by atoms with van der Waals surface area (Å²) in [6.07, 6.45) is -4.51. The molecule has 1 atom stereocenters. The number of hydrogen-bond donors (Lipinski definition) is 1. The van der Waals surface area contributed by atoms with Crippen molar-refractivity contribution < 1.29 is 22.6 Å². The van der Waals surface area contributed by atoms with E-state index in [4.69, 9.17) is 9.47 Å². The summed E-state index contributed by atoms with van der Waals surface area (Å²) >= 11 is 0. The highest BCUT2D eigenvalue weighted by Crippen LogP contribution is 2.36. The maximum absolute atomic E-state index is 12.2. The summed E-state index contributed by atoms with van der Waals surface area (Å²) < 4.78 is 47.3. The van der Waals surface area contributed by atoms with Gasteiger partial charge in [0.15, 0.2) is 0 Å². The van der Waals surface area contributed by atoms with E-state index in [1.165, 1.54) is 14.2 Å². The van der Waals surface area contributed by atoms with E-state index in [1.807, 2.05) is 0 Å². The molecule has 6 heteroatoms. The number of alkyl halides is 3. The molecule has 3 nitrogen and oxygen atoms in total. The zero-order chi connectivity index (χ0) is 15.2. The minimum absolute atomic E-state index is 0.0518. The fourth-order valence-corrected chi connectivity index (χ4v) is 2.16. The first kappa shape index (κ1) is 16.6. The molecule has 0 fully saturated rings. The monoisotopic (exact) mass is 291 g/mol. The van der Waals surface area contributed by atoms with Gasteiger partial charge in [-0.2, -0.15) is 13.2 Å². The van der Waals surface area contributed by atoms with Crippen LogP contribution < -0.4 is 14.8 Å². The van der Waals surface area contributed by atoms with Crippen LogP contribution in [0.15, 0.2) is 18.2 Å². The quantitative estimate of drug-likeness (QED) is 0.831. The number of halogens is 3. The molecule has 0 aromatic heterocycles. The topological polar surface area (TPSA) is 30.5 Å². The van der Waals surface area contributed by atoms with Crippen molar-refractivity contribution in [1.29, 1.82) is 0 Å². The number of hydrogen-bond acceptors (Lipinski definition) is 3. The van der Waals surface area contributed by atoms with Crippen molar-refractivity contribution in [3.63, 3.8) is 0 Å². The molecular formula is C14H20F3NO2. The molecule has 0 aliphatic heterocycles. The van der Waals surface area contributed by atoms with Crippen molar-refractivity contribution >= 4 is 0 Å². The van der Waals surface area contributed by atoms with E-state index in [-0.39, 0.29) is 12.5 Å². The van der Waals surface area contributed by atoms with Crippen LogP contribution in [-0.2, 0) is 0 Å². The van der Waals surface area contributed by atoms with Gasteiger partial charge in [-0.05, 0) is 32.0 Å². The highest BCUT2D eigenvalue weighted by molar-refractivity contribution is 5.46. The second-order valence-corrected chi connectivity index (χ2v) is 4.42. The molecule has 0 heterocycles. The van der Waals surface area contributed by atoms with Crippen LogP contribution in [0.3, 0.4) is 0 Å². The first-order valence-electron chi connectivity index (χ1n) is 6.37. The Morgan fingerprint density at radius 1 is 1.15 bits per heavy atom. The predicted molar refractivity (Wildman–Crippen MR) is 71.3 cm³/mol.